The van der Waals surface area contributed by atoms with Gasteiger partial charge in [0.05, 0.1) is 5.69 Å². The summed E-state index contributed by atoms with van der Waals surface area (Å²) in [6, 6.07) is 1.96. The van der Waals surface area contributed by atoms with Crippen LogP contribution < -0.4 is 5.32 Å². The van der Waals surface area contributed by atoms with Crippen molar-refractivity contribution in [3.63, 3.8) is 0 Å². The lowest BCUT2D eigenvalue weighted by atomic mass is 10.2. The highest BCUT2D eigenvalue weighted by molar-refractivity contribution is 5.64. The summed E-state index contributed by atoms with van der Waals surface area (Å²) in [7, 11) is 1.90. The van der Waals surface area contributed by atoms with Crippen molar-refractivity contribution in [2.24, 2.45) is 7.05 Å². The summed E-state index contributed by atoms with van der Waals surface area (Å²) in [5.41, 5.74) is 2.82. The van der Waals surface area contributed by atoms with Gasteiger partial charge in [-0.25, -0.2) is 9.97 Å². The van der Waals surface area contributed by atoms with Crippen LogP contribution in [-0.2, 0) is 7.05 Å². The van der Waals surface area contributed by atoms with Crippen LogP contribution >= 0.6 is 0 Å². The molecule has 0 aromatic carbocycles. The van der Waals surface area contributed by atoms with Gasteiger partial charge < -0.3 is 5.32 Å². The molecular weight excluding hydrogens is 214 g/mol. The van der Waals surface area contributed by atoms with Crippen molar-refractivity contribution in [1.29, 1.82) is 0 Å². The van der Waals surface area contributed by atoms with Gasteiger partial charge in [0.25, 0.3) is 0 Å². The Morgan fingerprint density at radius 3 is 2.65 bits per heavy atom. The van der Waals surface area contributed by atoms with Crippen LogP contribution in [0.4, 0.5) is 5.82 Å². The van der Waals surface area contributed by atoms with E-state index in [1.54, 1.807) is 4.68 Å². The fraction of sp³-hybridized carbons (Fsp3) is 0.417. The third kappa shape index (κ3) is 2.27. The van der Waals surface area contributed by atoms with Crippen LogP contribution in [0.1, 0.15) is 18.3 Å². The van der Waals surface area contributed by atoms with Gasteiger partial charge in [-0.1, -0.05) is 0 Å². The molecule has 1 N–H and O–H groups in total. The second-order valence-corrected chi connectivity index (χ2v) is 4.00. The Kier molecular flexibility index (Phi) is 3.08. The molecule has 2 heterocycles. The lowest BCUT2D eigenvalue weighted by Crippen LogP contribution is -2.06. The first kappa shape index (κ1) is 11.6. The molecule has 0 aliphatic heterocycles. The molecule has 90 valence electrons. The van der Waals surface area contributed by atoms with E-state index < -0.39 is 0 Å². The molecule has 0 spiro atoms. The third-order valence-electron chi connectivity index (χ3n) is 2.56. The zero-order valence-electron chi connectivity index (χ0n) is 10.7. The molecule has 2 aromatic rings. The molecule has 0 fully saturated rings. The highest BCUT2D eigenvalue weighted by Crippen LogP contribution is 2.23. The standard InChI is InChI=1S/C12H17N5/c1-5-13-12-8(2)11(14-9(3)15-12)10-6-7-17(4)16-10/h6-7H,5H2,1-4H3,(H,13,14,15). The Bertz CT molecular complexity index is 530. The minimum Gasteiger partial charge on any atom is -0.370 e. The van der Waals surface area contributed by atoms with E-state index in [-0.39, 0.29) is 0 Å². The van der Waals surface area contributed by atoms with Gasteiger partial charge in [0.2, 0.25) is 0 Å². The zero-order valence-corrected chi connectivity index (χ0v) is 10.7. The van der Waals surface area contributed by atoms with Gasteiger partial charge in [-0.2, -0.15) is 5.10 Å². The second-order valence-electron chi connectivity index (χ2n) is 4.00. The molecule has 0 aliphatic carbocycles. The summed E-state index contributed by atoms with van der Waals surface area (Å²) in [4.78, 5) is 8.87. The number of hydrogen-bond acceptors (Lipinski definition) is 4. The van der Waals surface area contributed by atoms with Gasteiger partial charge in [-0.05, 0) is 26.8 Å². The Labute approximate surface area is 101 Å². The smallest absolute Gasteiger partial charge is 0.133 e. The van der Waals surface area contributed by atoms with Gasteiger partial charge in [-0.3, -0.25) is 4.68 Å². The first-order valence-corrected chi connectivity index (χ1v) is 5.71. The number of nitrogens with zero attached hydrogens (tertiary/aromatic N) is 4. The van der Waals surface area contributed by atoms with Crippen molar-refractivity contribution in [2.45, 2.75) is 20.8 Å². The van der Waals surface area contributed by atoms with Gasteiger partial charge in [-0.15, -0.1) is 0 Å². The van der Waals surface area contributed by atoms with Crippen LogP contribution in [0.2, 0.25) is 0 Å². The van der Waals surface area contributed by atoms with Crippen LogP contribution in [0.3, 0.4) is 0 Å². The topological polar surface area (TPSA) is 55.6 Å². The van der Waals surface area contributed by atoms with Crippen molar-refractivity contribution in [3.05, 3.63) is 23.7 Å². The van der Waals surface area contributed by atoms with Gasteiger partial charge in [0, 0.05) is 25.4 Å². The number of hydrogen-bond donors (Lipinski definition) is 1. The fourth-order valence-corrected chi connectivity index (χ4v) is 1.76. The molecule has 2 rings (SSSR count). The summed E-state index contributed by atoms with van der Waals surface area (Å²) in [6.45, 7) is 6.81. The lowest BCUT2D eigenvalue weighted by molar-refractivity contribution is 0.769. The van der Waals surface area contributed by atoms with Gasteiger partial charge in [0.15, 0.2) is 0 Å². The number of anilines is 1. The van der Waals surface area contributed by atoms with Crippen molar-refractivity contribution in [2.75, 3.05) is 11.9 Å². The van der Waals surface area contributed by atoms with Crippen LogP contribution in [0.25, 0.3) is 11.4 Å². The Balaban J connectivity index is 2.53. The predicted molar refractivity (Wildman–Crippen MR) is 67.9 cm³/mol. The summed E-state index contributed by atoms with van der Waals surface area (Å²) >= 11 is 0. The van der Waals surface area contributed by atoms with Gasteiger partial charge >= 0.3 is 0 Å². The molecule has 0 unspecified atom stereocenters. The normalized spacial score (nSPS) is 10.6. The zero-order chi connectivity index (χ0) is 12.4. The monoisotopic (exact) mass is 231 g/mol. The molecule has 17 heavy (non-hydrogen) atoms. The van der Waals surface area contributed by atoms with E-state index in [1.165, 1.54) is 0 Å². The summed E-state index contributed by atoms with van der Waals surface area (Å²) in [5.74, 6) is 1.65. The molecule has 0 saturated heterocycles. The highest BCUT2D eigenvalue weighted by Gasteiger charge is 2.12. The number of rotatable bonds is 3. The number of aromatic nitrogens is 4. The molecule has 0 bridgehead atoms. The minimum atomic E-state index is 0.757. The Hall–Kier alpha value is -1.91. The van der Waals surface area contributed by atoms with E-state index in [0.29, 0.717) is 0 Å². The van der Waals surface area contributed by atoms with Crippen molar-refractivity contribution >= 4 is 5.82 Å². The van der Waals surface area contributed by atoms with E-state index in [9.17, 15) is 0 Å². The second kappa shape index (κ2) is 4.53. The predicted octanol–water partition coefficient (Wildman–Crippen LogP) is 1.93. The molecule has 0 aliphatic rings. The van der Waals surface area contributed by atoms with Crippen LogP contribution in [0.15, 0.2) is 12.3 Å². The van der Waals surface area contributed by atoms with E-state index >= 15 is 0 Å². The molecule has 2 aromatic heterocycles. The highest BCUT2D eigenvalue weighted by atomic mass is 15.3. The molecule has 0 radical (unpaired) electrons. The van der Waals surface area contributed by atoms with E-state index in [4.69, 9.17) is 0 Å². The van der Waals surface area contributed by atoms with Gasteiger partial charge in [0.1, 0.15) is 17.3 Å². The fourth-order valence-electron chi connectivity index (χ4n) is 1.76. The molecular formula is C12H17N5. The average Bonchev–Trinajstić information content (AvgIpc) is 2.70. The lowest BCUT2D eigenvalue weighted by Gasteiger charge is -2.10. The van der Waals surface area contributed by atoms with Crippen LogP contribution in [-0.4, -0.2) is 26.3 Å². The Morgan fingerprint density at radius 1 is 1.29 bits per heavy atom. The van der Waals surface area contributed by atoms with E-state index in [0.717, 1.165) is 35.1 Å². The van der Waals surface area contributed by atoms with Crippen molar-refractivity contribution in [1.82, 2.24) is 19.7 Å². The van der Waals surface area contributed by atoms with E-state index in [1.807, 2.05) is 33.2 Å². The summed E-state index contributed by atoms with van der Waals surface area (Å²) in [5, 5.41) is 7.63. The van der Waals surface area contributed by atoms with Crippen LogP contribution in [0.5, 0.6) is 0 Å². The maximum absolute atomic E-state index is 4.47. The van der Waals surface area contributed by atoms with Crippen molar-refractivity contribution < 1.29 is 0 Å². The molecule has 0 atom stereocenters. The Morgan fingerprint density at radius 2 is 2.06 bits per heavy atom. The first-order chi connectivity index (χ1) is 8.11. The van der Waals surface area contributed by atoms with Crippen molar-refractivity contribution in [3.8, 4) is 11.4 Å². The summed E-state index contributed by atoms with van der Waals surface area (Å²) < 4.78 is 1.78. The molecule has 5 heteroatoms. The largest absolute Gasteiger partial charge is 0.370 e. The number of aryl methyl sites for hydroxylation is 2. The third-order valence-corrected chi connectivity index (χ3v) is 2.56. The van der Waals surface area contributed by atoms with Crippen LogP contribution in [0, 0.1) is 13.8 Å². The minimum absolute atomic E-state index is 0.757. The average molecular weight is 231 g/mol. The number of nitrogens with one attached hydrogen (secondary N) is 1. The van der Waals surface area contributed by atoms with E-state index in [2.05, 4.69) is 27.3 Å². The quantitative estimate of drug-likeness (QED) is 0.877. The SMILES string of the molecule is CCNc1nc(C)nc(-c2ccn(C)n2)c1C. The summed E-state index contributed by atoms with van der Waals surface area (Å²) in [6.07, 6.45) is 1.92. The molecule has 0 saturated carbocycles. The maximum Gasteiger partial charge on any atom is 0.133 e. The molecule has 0 amide bonds. The first-order valence-electron chi connectivity index (χ1n) is 5.71. The maximum atomic E-state index is 4.47. The molecule has 5 nitrogen and oxygen atoms in total.